The van der Waals surface area contributed by atoms with Crippen LogP contribution >= 0.6 is 0 Å². The Morgan fingerprint density at radius 3 is 1.46 bits per heavy atom. The highest BCUT2D eigenvalue weighted by Gasteiger charge is 1.89. The molecule has 0 spiro atoms. The fourth-order valence-corrected chi connectivity index (χ4v) is 1.00. The van der Waals surface area contributed by atoms with Gasteiger partial charge in [0.25, 0.3) is 0 Å². The van der Waals surface area contributed by atoms with Crippen LogP contribution in [0.25, 0.3) is 0 Å². The Morgan fingerprint density at radius 1 is 0.692 bits per heavy atom. The number of rotatable bonds is 8. The maximum Gasteiger partial charge on any atom is 0.234 e. The van der Waals surface area contributed by atoms with Crippen molar-refractivity contribution in [3.63, 3.8) is 0 Å². The Bertz CT molecular complexity index is 182. The Balaban J connectivity index is 2.99. The molecule has 0 N–H and O–H groups in total. The SMILES string of the molecule is O=C=NCCCCCCCN=C=O. The number of unbranched alkanes of at least 4 members (excludes halogenated alkanes) is 4. The van der Waals surface area contributed by atoms with E-state index in [-0.39, 0.29) is 0 Å². The van der Waals surface area contributed by atoms with Crippen LogP contribution in [0.5, 0.6) is 0 Å². The summed E-state index contributed by atoms with van der Waals surface area (Å²) in [5.74, 6) is 0. The molecular formula is C9H14N2O2. The molecule has 0 aliphatic rings. The monoisotopic (exact) mass is 182 g/mol. The standard InChI is InChI=1S/C9H14N2O2/c12-8-10-6-4-2-1-3-5-7-11-9-13/h1-7H2. The Hall–Kier alpha value is -1.24. The Labute approximate surface area is 77.8 Å². The minimum atomic E-state index is 0.579. The highest BCUT2D eigenvalue weighted by Crippen LogP contribution is 2.02. The molecule has 0 bridgehead atoms. The molecule has 0 saturated heterocycles. The summed E-state index contributed by atoms with van der Waals surface area (Å²) in [6, 6.07) is 0. The van der Waals surface area contributed by atoms with Gasteiger partial charge in [0.1, 0.15) is 0 Å². The lowest BCUT2D eigenvalue weighted by molar-refractivity contribution is 0.559. The zero-order valence-electron chi connectivity index (χ0n) is 7.66. The van der Waals surface area contributed by atoms with E-state index in [0.29, 0.717) is 13.1 Å². The zero-order chi connectivity index (χ0) is 9.78. The van der Waals surface area contributed by atoms with Gasteiger partial charge in [0.15, 0.2) is 0 Å². The molecule has 72 valence electrons. The predicted molar refractivity (Wildman–Crippen MR) is 49.1 cm³/mol. The first-order valence-electron chi connectivity index (χ1n) is 4.49. The summed E-state index contributed by atoms with van der Waals surface area (Å²) in [7, 11) is 0. The van der Waals surface area contributed by atoms with Gasteiger partial charge in [-0.15, -0.1) is 0 Å². The second kappa shape index (κ2) is 10.8. The molecule has 13 heavy (non-hydrogen) atoms. The lowest BCUT2D eigenvalue weighted by atomic mass is 10.1. The summed E-state index contributed by atoms with van der Waals surface area (Å²) < 4.78 is 0. The third-order valence-electron chi connectivity index (χ3n) is 1.67. The van der Waals surface area contributed by atoms with Crippen molar-refractivity contribution in [1.82, 2.24) is 0 Å². The minimum absolute atomic E-state index is 0.579. The van der Waals surface area contributed by atoms with Crippen LogP contribution in [-0.4, -0.2) is 25.2 Å². The van der Waals surface area contributed by atoms with Crippen LogP contribution in [-0.2, 0) is 9.59 Å². The quantitative estimate of drug-likeness (QED) is 0.325. The molecule has 4 nitrogen and oxygen atoms in total. The molecule has 0 heterocycles. The molecule has 0 aromatic heterocycles. The molecule has 0 aliphatic heterocycles. The summed E-state index contributed by atoms with van der Waals surface area (Å²) in [6.45, 7) is 1.16. The van der Waals surface area contributed by atoms with Gasteiger partial charge >= 0.3 is 0 Å². The van der Waals surface area contributed by atoms with Crippen molar-refractivity contribution in [2.45, 2.75) is 32.1 Å². The number of carbonyl (C=O) groups excluding carboxylic acids is 2. The van der Waals surface area contributed by atoms with Gasteiger partial charge in [-0.3, -0.25) is 0 Å². The van der Waals surface area contributed by atoms with Crippen molar-refractivity contribution in [2.24, 2.45) is 9.98 Å². The average molecular weight is 182 g/mol. The maximum absolute atomic E-state index is 9.67. The van der Waals surface area contributed by atoms with Crippen LogP contribution in [0.1, 0.15) is 32.1 Å². The first-order valence-corrected chi connectivity index (χ1v) is 4.49. The highest BCUT2D eigenvalue weighted by molar-refractivity contribution is 5.32. The van der Waals surface area contributed by atoms with Gasteiger partial charge in [0, 0.05) is 0 Å². The van der Waals surface area contributed by atoms with E-state index in [4.69, 9.17) is 0 Å². The number of isocyanates is 2. The first kappa shape index (κ1) is 11.8. The maximum atomic E-state index is 9.67. The third-order valence-corrected chi connectivity index (χ3v) is 1.67. The Kier molecular flexibility index (Phi) is 9.73. The molecule has 0 aromatic rings. The summed E-state index contributed by atoms with van der Waals surface area (Å²) in [5.41, 5.74) is 0. The highest BCUT2D eigenvalue weighted by atomic mass is 16.1. The van der Waals surface area contributed by atoms with Crippen LogP contribution in [0, 0.1) is 0 Å². The van der Waals surface area contributed by atoms with E-state index in [1.807, 2.05) is 0 Å². The minimum Gasteiger partial charge on any atom is -0.211 e. The first-order chi connectivity index (χ1) is 6.41. The second-order valence-electron chi connectivity index (χ2n) is 2.71. The van der Waals surface area contributed by atoms with E-state index in [0.717, 1.165) is 32.1 Å². The molecule has 4 heteroatoms. The lowest BCUT2D eigenvalue weighted by Gasteiger charge is -1.95. The van der Waals surface area contributed by atoms with E-state index in [1.165, 1.54) is 12.2 Å². The predicted octanol–water partition coefficient (Wildman–Crippen LogP) is 1.61. The van der Waals surface area contributed by atoms with Crippen LogP contribution < -0.4 is 0 Å². The van der Waals surface area contributed by atoms with Gasteiger partial charge in [0.2, 0.25) is 12.2 Å². The number of hydrogen-bond acceptors (Lipinski definition) is 4. The zero-order valence-corrected chi connectivity index (χ0v) is 7.66. The lowest BCUT2D eigenvalue weighted by Crippen LogP contribution is -1.84. The normalized spacial score (nSPS) is 8.62. The van der Waals surface area contributed by atoms with E-state index in [1.54, 1.807) is 0 Å². The smallest absolute Gasteiger partial charge is 0.211 e. The fourth-order valence-electron chi connectivity index (χ4n) is 1.00. The number of hydrogen-bond donors (Lipinski definition) is 0. The van der Waals surface area contributed by atoms with Crippen LogP contribution in [0.2, 0.25) is 0 Å². The average Bonchev–Trinajstić information content (AvgIpc) is 2.16. The van der Waals surface area contributed by atoms with Crippen molar-refractivity contribution in [3.8, 4) is 0 Å². The van der Waals surface area contributed by atoms with E-state index in [9.17, 15) is 9.59 Å². The molecule has 0 aromatic carbocycles. The summed E-state index contributed by atoms with van der Waals surface area (Å²) >= 11 is 0. The largest absolute Gasteiger partial charge is 0.234 e. The summed E-state index contributed by atoms with van der Waals surface area (Å²) in [5, 5.41) is 0. The van der Waals surface area contributed by atoms with Crippen LogP contribution in [0.4, 0.5) is 0 Å². The molecular weight excluding hydrogens is 168 g/mol. The van der Waals surface area contributed by atoms with Crippen molar-refractivity contribution in [1.29, 1.82) is 0 Å². The second-order valence-corrected chi connectivity index (χ2v) is 2.71. The Morgan fingerprint density at radius 2 is 1.08 bits per heavy atom. The molecule has 0 rings (SSSR count). The topological polar surface area (TPSA) is 58.9 Å². The van der Waals surface area contributed by atoms with Gasteiger partial charge in [-0.1, -0.05) is 19.3 Å². The number of aliphatic imine (C=N–C) groups is 2. The third kappa shape index (κ3) is 10.8. The molecule has 0 radical (unpaired) electrons. The van der Waals surface area contributed by atoms with Gasteiger partial charge in [-0.25, -0.2) is 19.6 Å². The molecule has 0 unspecified atom stereocenters. The van der Waals surface area contributed by atoms with Crippen molar-refractivity contribution in [3.05, 3.63) is 0 Å². The molecule has 0 amide bonds. The van der Waals surface area contributed by atoms with Gasteiger partial charge in [-0.05, 0) is 12.8 Å². The van der Waals surface area contributed by atoms with E-state index < -0.39 is 0 Å². The van der Waals surface area contributed by atoms with Gasteiger partial charge in [-0.2, -0.15) is 0 Å². The van der Waals surface area contributed by atoms with Crippen LogP contribution in [0.15, 0.2) is 9.98 Å². The summed E-state index contributed by atoms with van der Waals surface area (Å²) in [6.07, 6.45) is 8.11. The number of nitrogens with zero attached hydrogens (tertiary/aromatic N) is 2. The fraction of sp³-hybridized carbons (Fsp3) is 0.778. The van der Waals surface area contributed by atoms with E-state index in [2.05, 4.69) is 9.98 Å². The molecule has 0 atom stereocenters. The molecule has 0 fully saturated rings. The van der Waals surface area contributed by atoms with Crippen molar-refractivity contribution >= 4 is 12.2 Å². The summed E-state index contributed by atoms with van der Waals surface area (Å²) in [4.78, 5) is 26.2. The van der Waals surface area contributed by atoms with Crippen LogP contribution in [0.3, 0.4) is 0 Å². The molecule has 0 aliphatic carbocycles. The van der Waals surface area contributed by atoms with Crippen molar-refractivity contribution in [2.75, 3.05) is 13.1 Å². The van der Waals surface area contributed by atoms with Gasteiger partial charge < -0.3 is 0 Å². The van der Waals surface area contributed by atoms with Gasteiger partial charge in [0.05, 0.1) is 13.1 Å². The van der Waals surface area contributed by atoms with E-state index >= 15 is 0 Å². The molecule has 0 saturated carbocycles. The van der Waals surface area contributed by atoms with Crippen molar-refractivity contribution < 1.29 is 9.59 Å².